The fourth-order valence-electron chi connectivity index (χ4n) is 3.85. The molecule has 0 unspecified atom stereocenters. The summed E-state index contributed by atoms with van der Waals surface area (Å²) in [4.78, 5) is 39.8. The summed E-state index contributed by atoms with van der Waals surface area (Å²) < 4.78 is 14.0. The van der Waals surface area contributed by atoms with Gasteiger partial charge in [0.1, 0.15) is 11.4 Å². The summed E-state index contributed by atoms with van der Waals surface area (Å²) in [5.74, 6) is -1.57. The number of nitro benzene ring substituents is 1. The second-order valence-electron chi connectivity index (χ2n) is 7.65. The third-order valence-corrected chi connectivity index (χ3v) is 5.80. The highest BCUT2D eigenvalue weighted by atomic mass is 35.5. The summed E-state index contributed by atoms with van der Waals surface area (Å²) in [5.41, 5.74) is 0.710. The molecule has 174 valence electrons. The number of para-hydroxylation sites is 1. The Morgan fingerprint density at radius 2 is 1.59 bits per heavy atom. The van der Waals surface area contributed by atoms with Crippen LogP contribution in [0.2, 0.25) is 5.02 Å². The maximum Gasteiger partial charge on any atom is 0.282 e. The molecule has 0 atom stereocenters. The summed E-state index contributed by atoms with van der Waals surface area (Å²) in [6.45, 7) is 1.59. The lowest BCUT2D eigenvalue weighted by Gasteiger charge is -2.37. The van der Waals surface area contributed by atoms with Gasteiger partial charge in [-0.25, -0.2) is 4.39 Å². The van der Waals surface area contributed by atoms with Crippen LogP contribution in [0.15, 0.2) is 66.7 Å². The molecule has 3 aromatic carbocycles. The van der Waals surface area contributed by atoms with Gasteiger partial charge in [0.25, 0.3) is 17.5 Å². The predicted molar refractivity (Wildman–Crippen MR) is 127 cm³/mol. The largest absolute Gasteiger partial charge is 0.366 e. The van der Waals surface area contributed by atoms with Crippen molar-refractivity contribution >= 4 is 40.5 Å². The van der Waals surface area contributed by atoms with Gasteiger partial charge in [0.2, 0.25) is 0 Å². The number of carbonyl (C=O) groups is 2. The molecule has 4 rings (SSSR count). The van der Waals surface area contributed by atoms with Gasteiger partial charge in [-0.3, -0.25) is 19.7 Å². The molecule has 0 aromatic heterocycles. The number of carbonyl (C=O) groups excluding carboxylic acids is 2. The lowest BCUT2D eigenvalue weighted by molar-refractivity contribution is -0.385. The molecule has 0 aliphatic carbocycles. The Morgan fingerprint density at radius 3 is 2.26 bits per heavy atom. The summed E-state index contributed by atoms with van der Waals surface area (Å²) in [7, 11) is 0. The predicted octanol–water partition coefficient (Wildman–Crippen LogP) is 4.60. The number of nitrogens with one attached hydrogen (secondary N) is 1. The highest BCUT2D eigenvalue weighted by Gasteiger charge is 2.26. The van der Waals surface area contributed by atoms with E-state index in [1.54, 1.807) is 35.2 Å². The Labute approximate surface area is 199 Å². The van der Waals surface area contributed by atoms with Crippen LogP contribution < -0.4 is 10.2 Å². The second kappa shape index (κ2) is 9.88. The van der Waals surface area contributed by atoms with Crippen molar-refractivity contribution in [2.24, 2.45) is 0 Å². The third-order valence-electron chi connectivity index (χ3n) is 5.56. The topological polar surface area (TPSA) is 95.8 Å². The number of piperazine rings is 1. The molecule has 1 aliphatic rings. The molecule has 3 aromatic rings. The van der Waals surface area contributed by atoms with Gasteiger partial charge in [-0.2, -0.15) is 0 Å². The molecule has 1 aliphatic heterocycles. The van der Waals surface area contributed by atoms with E-state index < -0.39 is 16.6 Å². The third kappa shape index (κ3) is 4.84. The zero-order valence-electron chi connectivity index (χ0n) is 17.9. The molecule has 0 bridgehead atoms. The van der Waals surface area contributed by atoms with Crippen molar-refractivity contribution in [1.82, 2.24) is 4.90 Å². The van der Waals surface area contributed by atoms with E-state index in [0.717, 1.165) is 0 Å². The van der Waals surface area contributed by atoms with E-state index in [-0.39, 0.29) is 22.7 Å². The molecule has 0 saturated carbocycles. The molecule has 1 N–H and O–H groups in total. The highest BCUT2D eigenvalue weighted by molar-refractivity contribution is 6.31. The van der Waals surface area contributed by atoms with Crippen LogP contribution in [0.25, 0.3) is 0 Å². The quantitative estimate of drug-likeness (QED) is 0.423. The first-order valence-corrected chi connectivity index (χ1v) is 10.9. The zero-order valence-corrected chi connectivity index (χ0v) is 18.7. The van der Waals surface area contributed by atoms with E-state index in [0.29, 0.717) is 42.6 Å². The molecular weight excluding hydrogens is 463 g/mol. The minimum absolute atomic E-state index is 0.0276. The molecule has 2 amide bonds. The zero-order chi connectivity index (χ0) is 24.2. The number of anilines is 2. The van der Waals surface area contributed by atoms with Crippen LogP contribution >= 0.6 is 11.6 Å². The van der Waals surface area contributed by atoms with Crippen LogP contribution in [0.5, 0.6) is 0 Å². The Morgan fingerprint density at radius 1 is 0.941 bits per heavy atom. The van der Waals surface area contributed by atoms with E-state index in [9.17, 15) is 24.1 Å². The molecule has 10 heteroatoms. The van der Waals surface area contributed by atoms with Crippen molar-refractivity contribution in [3.05, 3.63) is 98.8 Å². The Balaban J connectivity index is 1.51. The van der Waals surface area contributed by atoms with Gasteiger partial charge in [0.15, 0.2) is 0 Å². The van der Waals surface area contributed by atoms with Crippen LogP contribution in [0, 0.1) is 15.9 Å². The van der Waals surface area contributed by atoms with Gasteiger partial charge in [-0.1, -0.05) is 35.9 Å². The van der Waals surface area contributed by atoms with Gasteiger partial charge < -0.3 is 15.1 Å². The first-order valence-electron chi connectivity index (χ1n) is 10.5. The average molecular weight is 483 g/mol. The number of benzene rings is 3. The highest BCUT2D eigenvalue weighted by Crippen LogP contribution is 2.31. The van der Waals surface area contributed by atoms with E-state index in [1.165, 1.54) is 36.4 Å². The standard InChI is InChI=1S/C24H20ClFN4O4/c25-16-9-10-22(20(15-16)27-23(31)18-6-2-4-8-21(18)30(33)34)28-11-13-29(14-12-28)24(32)17-5-1-3-7-19(17)26/h1-10,15H,11-14H2,(H,27,31). The molecular formula is C24H20ClFN4O4. The number of amides is 2. The van der Waals surface area contributed by atoms with Gasteiger partial charge >= 0.3 is 0 Å². The lowest BCUT2D eigenvalue weighted by atomic mass is 10.1. The number of nitro groups is 1. The van der Waals surface area contributed by atoms with Crippen LogP contribution in [-0.4, -0.2) is 47.8 Å². The lowest BCUT2D eigenvalue weighted by Crippen LogP contribution is -2.49. The maximum atomic E-state index is 14.0. The molecule has 0 spiro atoms. The van der Waals surface area contributed by atoms with Crippen molar-refractivity contribution in [1.29, 1.82) is 0 Å². The SMILES string of the molecule is O=C(Nc1cc(Cl)ccc1N1CCN(C(=O)c2ccccc2F)CC1)c1ccccc1[N+](=O)[O-]. The second-order valence-corrected chi connectivity index (χ2v) is 8.09. The number of hydrogen-bond donors (Lipinski definition) is 1. The summed E-state index contributed by atoms with van der Waals surface area (Å²) in [6, 6.07) is 16.5. The van der Waals surface area contributed by atoms with Crippen LogP contribution in [0.4, 0.5) is 21.5 Å². The van der Waals surface area contributed by atoms with E-state index >= 15 is 0 Å². The maximum absolute atomic E-state index is 14.0. The summed E-state index contributed by atoms with van der Waals surface area (Å²) in [6.07, 6.45) is 0. The number of rotatable bonds is 5. The number of halogens is 2. The fraction of sp³-hybridized carbons (Fsp3) is 0.167. The van der Waals surface area contributed by atoms with Crippen molar-refractivity contribution in [2.45, 2.75) is 0 Å². The smallest absolute Gasteiger partial charge is 0.282 e. The molecule has 1 fully saturated rings. The monoisotopic (exact) mass is 482 g/mol. The average Bonchev–Trinajstić information content (AvgIpc) is 2.84. The Kier molecular flexibility index (Phi) is 6.74. The number of hydrogen-bond acceptors (Lipinski definition) is 5. The first kappa shape index (κ1) is 23.2. The summed E-state index contributed by atoms with van der Waals surface area (Å²) >= 11 is 6.15. The molecule has 1 heterocycles. The normalized spacial score (nSPS) is 13.5. The summed E-state index contributed by atoms with van der Waals surface area (Å²) in [5, 5.41) is 14.4. The van der Waals surface area contributed by atoms with Crippen LogP contribution in [0.1, 0.15) is 20.7 Å². The van der Waals surface area contributed by atoms with E-state index in [2.05, 4.69) is 5.32 Å². The van der Waals surface area contributed by atoms with Gasteiger partial charge in [-0.15, -0.1) is 0 Å². The van der Waals surface area contributed by atoms with E-state index in [1.807, 2.05) is 4.90 Å². The number of nitrogens with zero attached hydrogens (tertiary/aromatic N) is 3. The van der Waals surface area contributed by atoms with Gasteiger partial charge in [0, 0.05) is 37.3 Å². The van der Waals surface area contributed by atoms with Gasteiger partial charge in [-0.05, 0) is 36.4 Å². The Bertz CT molecular complexity index is 1260. The molecule has 0 radical (unpaired) electrons. The van der Waals surface area contributed by atoms with Crippen molar-refractivity contribution in [3.8, 4) is 0 Å². The minimum atomic E-state index is -0.635. The fourth-order valence-corrected chi connectivity index (χ4v) is 4.03. The molecule has 8 nitrogen and oxygen atoms in total. The van der Waals surface area contributed by atoms with Crippen molar-refractivity contribution in [2.75, 3.05) is 36.4 Å². The first-order chi connectivity index (χ1) is 16.3. The minimum Gasteiger partial charge on any atom is -0.366 e. The Hall–Kier alpha value is -3.98. The van der Waals surface area contributed by atoms with E-state index in [4.69, 9.17) is 11.6 Å². The van der Waals surface area contributed by atoms with Crippen LogP contribution in [-0.2, 0) is 0 Å². The van der Waals surface area contributed by atoms with Crippen molar-refractivity contribution < 1.29 is 18.9 Å². The molecule has 1 saturated heterocycles. The van der Waals surface area contributed by atoms with Crippen molar-refractivity contribution in [3.63, 3.8) is 0 Å². The van der Waals surface area contributed by atoms with Crippen LogP contribution in [0.3, 0.4) is 0 Å². The van der Waals surface area contributed by atoms with Gasteiger partial charge in [0.05, 0.1) is 21.9 Å². The molecule has 34 heavy (non-hydrogen) atoms.